The molecule has 0 heterocycles. The minimum atomic E-state index is 0.539. The second-order valence-electron chi connectivity index (χ2n) is 2.69. The Balaban J connectivity index is 2.37. The van der Waals surface area contributed by atoms with Crippen molar-refractivity contribution in [2.24, 2.45) is 5.92 Å². The van der Waals surface area contributed by atoms with E-state index < -0.39 is 0 Å². The van der Waals surface area contributed by atoms with Gasteiger partial charge in [-0.3, -0.25) is 0 Å². The third-order valence-electron chi connectivity index (χ3n) is 1.69. The predicted octanol–water partition coefficient (Wildman–Crippen LogP) is 2.99. The average molecular weight is 289 g/mol. The number of rotatable bonds is 2. The molecule has 0 nitrogen and oxygen atoms in total. The summed E-state index contributed by atoms with van der Waals surface area (Å²) in [7, 11) is 0. The van der Waals surface area contributed by atoms with Crippen molar-refractivity contribution in [3.8, 4) is 0 Å². The molecule has 0 saturated heterocycles. The van der Waals surface area contributed by atoms with Crippen LogP contribution in [0.5, 0.6) is 0 Å². The molecule has 0 N–H and O–H groups in total. The quantitative estimate of drug-likeness (QED) is 0.541. The second kappa shape index (κ2) is 2.45. The van der Waals surface area contributed by atoms with E-state index in [2.05, 4.69) is 45.4 Å². The van der Waals surface area contributed by atoms with Gasteiger partial charge in [0.15, 0.2) is 0 Å². The van der Waals surface area contributed by atoms with Gasteiger partial charge in [0.05, 0.1) is 0 Å². The highest BCUT2D eigenvalue weighted by atomic mass is 127. The van der Waals surface area contributed by atoms with E-state index in [0.29, 0.717) is 3.42 Å². The van der Waals surface area contributed by atoms with Crippen LogP contribution in [-0.2, 0) is 0 Å². The van der Waals surface area contributed by atoms with E-state index in [4.69, 9.17) is 0 Å². The molecule has 2 heteroatoms. The largest absolute Gasteiger partial charge is 0.0914 e. The zero-order chi connectivity index (χ0) is 6.20. The van der Waals surface area contributed by atoms with E-state index >= 15 is 0 Å². The molecule has 0 aromatic heterocycles. The van der Waals surface area contributed by atoms with Gasteiger partial charge in [-0.1, -0.05) is 38.5 Å². The average Bonchev–Trinajstić information content (AvgIpc) is 2.44. The first-order chi connectivity index (χ1) is 3.67. The van der Waals surface area contributed by atoms with Crippen LogP contribution in [0.15, 0.2) is 0 Å². The van der Waals surface area contributed by atoms with Crippen LogP contribution in [0.2, 0.25) is 0 Å². The summed E-state index contributed by atoms with van der Waals surface area (Å²) >= 11 is 6.05. The Hall–Kier alpha value is 1.21. The molecule has 0 amide bonds. The molecule has 0 aliphatic heterocycles. The van der Waals surface area contributed by atoms with Gasteiger partial charge in [-0.25, -0.2) is 0 Å². The van der Waals surface area contributed by atoms with E-state index in [0.717, 1.165) is 11.2 Å². The van der Waals surface area contributed by atoms with Crippen molar-refractivity contribution >= 4 is 38.5 Å². The topological polar surface area (TPSA) is 0 Å². The first kappa shape index (κ1) is 7.32. The monoisotopic (exact) mass is 288 g/mol. The molecule has 1 atom stereocenters. The minimum Gasteiger partial charge on any atom is -0.0914 e. The maximum Gasteiger partial charge on any atom is 0.0319 e. The third-order valence-corrected chi connectivity index (χ3v) is 5.17. The molecule has 1 rings (SSSR count). The van der Waals surface area contributed by atoms with Gasteiger partial charge >= 0.3 is 0 Å². The van der Waals surface area contributed by atoms with Crippen molar-refractivity contribution in [2.75, 3.05) is 5.33 Å². The molecule has 1 aliphatic rings. The van der Waals surface area contributed by atoms with Crippen molar-refractivity contribution < 1.29 is 0 Å². The fourth-order valence-electron chi connectivity index (χ4n) is 0.794. The molecule has 1 fully saturated rings. The molecular formula is C6H10BrI. The summed E-state index contributed by atoms with van der Waals surface area (Å²) in [5.41, 5.74) is 0. The zero-order valence-corrected chi connectivity index (χ0v) is 8.70. The fraction of sp³-hybridized carbons (Fsp3) is 1.00. The molecule has 0 bridgehead atoms. The summed E-state index contributed by atoms with van der Waals surface area (Å²) in [5, 5.41) is 1.14. The lowest BCUT2D eigenvalue weighted by Crippen LogP contribution is -2.19. The fourth-order valence-corrected chi connectivity index (χ4v) is 1.88. The molecule has 1 saturated carbocycles. The first-order valence-electron chi connectivity index (χ1n) is 2.91. The smallest absolute Gasteiger partial charge is 0.0319 e. The first-order valence-corrected chi connectivity index (χ1v) is 5.12. The van der Waals surface area contributed by atoms with Gasteiger partial charge in [0.25, 0.3) is 0 Å². The summed E-state index contributed by atoms with van der Waals surface area (Å²) < 4.78 is 0.539. The van der Waals surface area contributed by atoms with Crippen LogP contribution >= 0.6 is 38.5 Å². The molecule has 0 radical (unpaired) electrons. The molecule has 1 aliphatic carbocycles. The highest BCUT2D eigenvalue weighted by Crippen LogP contribution is 2.45. The number of hydrogen-bond donors (Lipinski definition) is 0. The van der Waals surface area contributed by atoms with Crippen molar-refractivity contribution in [1.82, 2.24) is 0 Å². The van der Waals surface area contributed by atoms with Crippen molar-refractivity contribution in [3.63, 3.8) is 0 Å². The Morgan fingerprint density at radius 2 is 2.25 bits per heavy atom. The lowest BCUT2D eigenvalue weighted by molar-refractivity contribution is 0.665. The van der Waals surface area contributed by atoms with Crippen molar-refractivity contribution in [2.45, 2.75) is 23.2 Å². The molecule has 0 aromatic carbocycles. The van der Waals surface area contributed by atoms with Crippen LogP contribution in [0.4, 0.5) is 0 Å². The Morgan fingerprint density at radius 1 is 1.75 bits per heavy atom. The van der Waals surface area contributed by atoms with Gasteiger partial charge in [0.1, 0.15) is 0 Å². The zero-order valence-electron chi connectivity index (χ0n) is 4.95. The Morgan fingerprint density at radius 3 is 2.38 bits per heavy atom. The van der Waals surface area contributed by atoms with Gasteiger partial charge in [-0.05, 0) is 25.7 Å². The molecule has 1 unspecified atom stereocenters. The predicted molar refractivity (Wildman–Crippen MR) is 48.9 cm³/mol. The maximum absolute atomic E-state index is 3.50. The van der Waals surface area contributed by atoms with Gasteiger partial charge in [0, 0.05) is 8.75 Å². The minimum absolute atomic E-state index is 0.539. The molecule has 0 spiro atoms. The summed E-state index contributed by atoms with van der Waals surface area (Å²) in [5.74, 6) is 1.00. The van der Waals surface area contributed by atoms with Crippen LogP contribution in [-0.4, -0.2) is 8.75 Å². The van der Waals surface area contributed by atoms with Crippen LogP contribution in [0.1, 0.15) is 19.8 Å². The normalized spacial score (nSPS) is 27.4. The van der Waals surface area contributed by atoms with E-state index in [1.165, 1.54) is 12.8 Å². The highest BCUT2D eigenvalue weighted by Gasteiger charge is 2.38. The second-order valence-corrected chi connectivity index (χ2v) is 5.71. The highest BCUT2D eigenvalue weighted by molar-refractivity contribution is 14.1. The number of halogens is 2. The Labute approximate surface area is 72.7 Å². The van der Waals surface area contributed by atoms with Crippen LogP contribution in [0, 0.1) is 5.92 Å². The van der Waals surface area contributed by atoms with Crippen LogP contribution < -0.4 is 0 Å². The van der Waals surface area contributed by atoms with Crippen LogP contribution in [0.25, 0.3) is 0 Å². The van der Waals surface area contributed by atoms with Crippen molar-refractivity contribution in [3.05, 3.63) is 0 Å². The van der Waals surface area contributed by atoms with E-state index in [9.17, 15) is 0 Å². The maximum atomic E-state index is 3.50. The van der Waals surface area contributed by atoms with Crippen molar-refractivity contribution in [1.29, 1.82) is 0 Å². The lowest BCUT2D eigenvalue weighted by Gasteiger charge is -2.17. The number of hydrogen-bond acceptors (Lipinski definition) is 0. The van der Waals surface area contributed by atoms with Gasteiger partial charge in [-0.15, -0.1) is 0 Å². The van der Waals surface area contributed by atoms with E-state index in [-0.39, 0.29) is 0 Å². The lowest BCUT2D eigenvalue weighted by atomic mass is 10.1. The van der Waals surface area contributed by atoms with Gasteiger partial charge < -0.3 is 0 Å². The summed E-state index contributed by atoms with van der Waals surface area (Å²) in [6.07, 6.45) is 2.90. The molecular weight excluding hydrogens is 279 g/mol. The van der Waals surface area contributed by atoms with Crippen LogP contribution in [0.3, 0.4) is 0 Å². The van der Waals surface area contributed by atoms with Gasteiger partial charge in [-0.2, -0.15) is 0 Å². The SMILES string of the molecule is CC(I)(CBr)C1CC1. The summed E-state index contributed by atoms with van der Waals surface area (Å²) in [6.45, 7) is 2.32. The number of alkyl halides is 2. The molecule has 8 heavy (non-hydrogen) atoms. The Kier molecular flexibility index (Phi) is 2.24. The molecule has 48 valence electrons. The summed E-state index contributed by atoms with van der Waals surface area (Å²) in [6, 6.07) is 0. The van der Waals surface area contributed by atoms with E-state index in [1.807, 2.05) is 0 Å². The van der Waals surface area contributed by atoms with Gasteiger partial charge in [0.2, 0.25) is 0 Å². The third kappa shape index (κ3) is 1.59. The summed E-state index contributed by atoms with van der Waals surface area (Å²) in [4.78, 5) is 0. The Bertz CT molecular complexity index is 86.5. The van der Waals surface area contributed by atoms with E-state index in [1.54, 1.807) is 0 Å². The standard InChI is InChI=1S/C6H10BrI/c1-6(8,4-7)5-2-3-5/h5H,2-4H2,1H3. The molecule has 0 aromatic rings.